The minimum atomic E-state index is -0.587. The van der Waals surface area contributed by atoms with Gasteiger partial charge in [-0.1, -0.05) is 289 Å². The molecule has 1 aliphatic rings. The number of imidazole rings is 1. The molecule has 0 saturated carbocycles. The Morgan fingerprint density at radius 2 is 0.919 bits per heavy atom. The number of ether oxygens (including phenoxy) is 1. The summed E-state index contributed by atoms with van der Waals surface area (Å²) < 4.78 is 104. The molecule has 0 aliphatic carbocycles. The molecule has 0 amide bonds. The third-order valence-corrected chi connectivity index (χ3v) is 18.8. The van der Waals surface area contributed by atoms with E-state index in [0.717, 1.165) is 88.3 Å². The molecule has 0 spiro atoms. The van der Waals surface area contributed by atoms with Crippen molar-refractivity contribution in [2.24, 2.45) is 0 Å². The summed E-state index contributed by atoms with van der Waals surface area (Å²) in [4.78, 5) is 7.62. The largest absolute Gasteiger partial charge is 0.508 e. The zero-order valence-electron chi connectivity index (χ0n) is 62.6. The Labute approximate surface area is 602 Å². The van der Waals surface area contributed by atoms with Gasteiger partial charge in [0.15, 0.2) is 0 Å². The predicted octanol–water partition coefficient (Wildman–Crippen LogP) is 19.7. The van der Waals surface area contributed by atoms with Crippen molar-refractivity contribution < 1.29 is 44.1 Å². The predicted molar refractivity (Wildman–Crippen MR) is 402 cm³/mol. The van der Waals surface area contributed by atoms with Crippen molar-refractivity contribution in [1.82, 2.24) is 18.7 Å². The van der Waals surface area contributed by atoms with Crippen LogP contribution in [0.5, 0.6) is 11.5 Å². The van der Waals surface area contributed by atoms with Gasteiger partial charge in [-0.15, -0.1) is 24.3 Å². The molecule has 0 bridgehead atoms. The molecule has 7 nitrogen and oxygen atoms in total. The van der Waals surface area contributed by atoms with Gasteiger partial charge in [-0.25, -0.2) is 4.98 Å². The summed E-state index contributed by atoms with van der Waals surface area (Å²) in [5, 5.41) is 3.96. The van der Waals surface area contributed by atoms with Gasteiger partial charge in [-0.3, -0.25) is 4.57 Å². The quantitative estimate of drug-likeness (QED) is 0.0696. The van der Waals surface area contributed by atoms with Crippen molar-refractivity contribution in [3.8, 4) is 78.9 Å². The fraction of sp³-hybridized carbons (Fsp3) is 0. The molecule has 0 fully saturated rings. The first-order chi connectivity index (χ1) is 52.8. The van der Waals surface area contributed by atoms with Crippen LogP contribution in [0.15, 0.2) is 346 Å². The zero-order chi connectivity index (χ0) is 73.3. The van der Waals surface area contributed by atoms with Crippen molar-refractivity contribution in [3.05, 3.63) is 364 Å². The Bertz CT molecular complexity index is 6480. The topological polar surface area (TPSA) is 44.0 Å². The van der Waals surface area contributed by atoms with Crippen molar-refractivity contribution in [1.29, 1.82) is 0 Å². The minimum Gasteiger partial charge on any atom is -0.508 e. The van der Waals surface area contributed by atoms with E-state index >= 15 is 0 Å². The number of aromatic nitrogens is 5. The Kier molecular flexibility index (Phi) is 12.3. The maximum atomic E-state index is 9.26. The fourth-order valence-corrected chi connectivity index (χ4v) is 14.7. The molecular formula is C90H57BN6OPt-2. The second kappa shape index (κ2) is 24.7. The van der Waals surface area contributed by atoms with E-state index in [9.17, 15) is 5.48 Å². The van der Waals surface area contributed by atoms with Gasteiger partial charge in [0.1, 0.15) is 5.82 Å². The third-order valence-electron chi connectivity index (χ3n) is 18.8. The van der Waals surface area contributed by atoms with E-state index in [1.807, 2.05) is 79.0 Å². The number of fused-ring (bicyclic) bond motifs is 9. The van der Waals surface area contributed by atoms with E-state index < -0.39 is 60.4 Å². The van der Waals surface area contributed by atoms with Crippen molar-refractivity contribution in [3.63, 3.8) is 0 Å². The van der Waals surface area contributed by atoms with Gasteiger partial charge >= 0.3 is 0 Å². The molecule has 14 aromatic carbocycles. The Balaban J connectivity index is 0.00000836. The SMILES string of the molecule is [2H]c1c([2H])c([2H])c(-c2cccc(-c3c([2H])c([2H])c([2H])c([2H])c3[2H])c2-[n+]2[c-]n(-c3[c-]c(Oc4[c-]c5c(cc4-n4c6ccccc6c6ccccc64)c4ccccc4n5-c4cc(N5c6ccccc6B(c6c(-c7ccccc7)cccc6-c6ccccc6)c6ccccc65)ccn4)ccc3)c3ccccc32)c([2H])c1[2H].[Pt]. The van der Waals surface area contributed by atoms with Gasteiger partial charge in [0.25, 0.3) is 6.33 Å². The van der Waals surface area contributed by atoms with E-state index in [1.54, 1.807) is 27.3 Å². The van der Waals surface area contributed by atoms with Crippen LogP contribution in [0.4, 0.5) is 17.1 Å². The summed E-state index contributed by atoms with van der Waals surface area (Å²) >= 11 is 0. The summed E-state index contributed by atoms with van der Waals surface area (Å²) in [6.45, 7) is -0.164. The first-order valence-corrected chi connectivity index (χ1v) is 32.4. The Hall–Kier alpha value is -12.3. The molecule has 99 heavy (non-hydrogen) atoms. The molecule has 468 valence electrons. The van der Waals surface area contributed by atoms with E-state index in [1.165, 1.54) is 5.46 Å². The molecular weight excluding hydrogens is 1390 g/mol. The van der Waals surface area contributed by atoms with Crippen LogP contribution in [0.2, 0.25) is 0 Å². The second-order valence-corrected chi connectivity index (χ2v) is 24.2. The minimum absolute atomic E-state index is 0. The van der Waals surface area contributed by atoms with Crippen molar-refractivity contribution in [2.75, 3.05) is 4.90 Å². The normalized spacial score (nSPS) is 13.3. The third kappa shape index (κ3) is 9.93. The fourth-order valence-electron chi connectivity index (χ4n) is 14.7. The van der Waals surface area contributed by atoms with Crippen LogP contribution in [-0.2, 0) is 21.1 Å². The van der Waals surface area contributed by atoms with Gasteiger partial charge in [-0.2, -0.15) is 12.1 Å². The van der Waals surface area contributed by atoms with E-state index in [0.29, 0.717) is 45.2 Å². The Morgan fingerprint density at radius 1 is 0.414 bits per heavy atom. The summed E-state index contributed by atoms with van der Waals surface area (Å²) in [5.74, 6) is 1.31. The van der Waals surface area contributed by atoms with Gasteiger partial charge in [0, 0.05) is 83.5 Å². The number of anilines is 3. The summed E-state index contributed by atoms with van der Waals surface area (Å²) in [6, 6.07) is 96.6. The van der Waals surface area contributed by atoms with Crippen LogP contribution in [-0.4, -0.2) is 25.4 Å². The zero-order valence-corrected chi connectivity index (χ0v) is 54.9. The maximum absolute atomic E-state index is 9.26. The molecule has 18 aromatic rings. The van der Waals surface area contributed by atoms with Crippen molar-refractivity contribution in [2.45, 2.75) is 0 Å². The van der Waals surface area contributed by atoms with Crippen LogP contribution in [0.1, 0.15) is 13.7 Å². The second-order valence-electron chi connectivity index (χ2n) is 24.2. The molecule has 0 N–H and O–H groups in total. The molecule has 1 aliphatic heterocycles. The van der Waals surface area contributed by atoms with Crippen LogP contribution in [0.25, 0.3) is 122 Å². The van der Waals surface area contributed by atoms with E-state index in [-0.39, 0.29) is 55.7 Å². The molecule has 0 unspecified atom stereocenters. The first kappa shape index (κ1) is 49.2. The molecule has 19 rings (SSSR count). The van der Waals surface area contributed by atoms with Gasteiger partial charge in [0.2, 0.25) is 6.71 Å². The average Bonchev–Trinajstić information content (AvgIpc) is 1.57. The average molecular weight is 1450 g/mol. The van der Waals surface area contributed by atoms with Gasteiger partial charge in [0.05, 0.1) is 36.1 Å². The standard InChI is InChI=1S/C90H57BN6O.Pt/c1-5-28-61(29-6-1)68-41-26-42-69(62-30-7-2-8-31-62)89(68)91-76-45-16-21-50-81(76)95(82-51-22-17-46-77(82)91)66-54-55-92-88(57-66)97-80-49-20-15-40-74(80)75-58-86(96-78-47-18-13-38-72(78)73-39-14-19-48-79(73)96)87(59-85(75)97)98-67-37-25-36-65(56-67)93-60-94(84-53-24-23-52-83(84)93)90-70(63-32-9-3-10-33-63)43-27-44-71(90)64-34-11-4-12-35-64;/h1-55,57-58H;/q-2;/i3D,4D,9D,10D,11D,12D,32D,33D,34D,35D;. The van der Waals surface area contributed by atoms with Crippen molar-refractivity contribution >= 4 is 94.8 Å². The van der Waals surface area contributed by atoms with Gasteiger partial charge in [-0.05, 0) is 109 Å². The molecule has 0 radical (unpaired) electrons. The summed E-state index contributed by atoms with van der Waals surface area (Å²) in [7, 11) is 0. The summed E-state index contributed by atoms with van der Waals surface area (Å²) in [5.41, 5.74) is 16.9. The van der Waals surface area contributed by atoms with Crippen LogP contribution in [0.3, 0.4) is 0 Å². The number of pyridine rings is 1. The van der Waals surface area contributed by atoms with Crippen LogP contribution in [0, 0.1) is 18.5 Å². The monoisotopic (exact) mass is 1450 g/mol. The molecule has 4 aromatic heterocycles. The number of hydrogen-bond donors (Lipinski definition) is 0. The molecule has 0 saturated heterocycles. The smallest absolute Gasteiger partial charge is 0.268 e. The number of rotatable bonds is 12. The van der Waals surface area contributed by atoms with E-state index in [2.05, 4.69) is 221 Å². The summed E-state index contributed by atoms with van der Waals surface area (Å²) in [6.07, 6.45) is 5.39. The maximum Gasteiger partial charge on any atom is 0.268 e. The number of benzene rings is 14. The number of para-hydroxylation sites is 8. The van der Waals surface area contributed by atoms with Crippen LogP contribution >= 0.6 is 0 Å². The molecule has 5 heterocycles. The molecule has 9 heteroatoms. The van der Waals surface area contributed by atoms with Gasteiger partial charge < -0.3 is 23.3 Å². The number of nitrogens with zero attached hydrogens (tertiary/aromatic N) is 6. The van der Waals surface area contributed by atoms with Crippen LogP contribution < -0.4 is 30.6 Å². The Morgan fingerprint density at radius 3 is 1.53 bits per heavy atom. The van der Waals surface area contributed by atoms with E-state index in [4.69, 9.17) is 17.9 Å². The molecule has 0 atom stereocenters. The number of hydrogen-bond acceptors (Lipinski definition) is 3. The first-order valence-electron chi connectivity index (χ1n) is 37.4.